The highest BCUT2D eigenvalue weighted by atomic mass is 32.1. The zero-order valence-corrected chi connectivity index (χ0v) is 14.5. The van der Waals surface area contributed by atoms with Crippen molar-refractivity contribution in [2.75, 3.05) is 13.2 Å². The molecule has 6 nitrogen and oxygen atoms in total. The standard InChI is InChI=1S/C17H20N4O2S/c1-11-14(24-16(20-11)15-18-7-4-8-19-15)17(22)21-9-10-23-13-6-3-2-5-12(13)21/h4,7-8,12-13H,2-3,5-6,9-10H2,1H3/t12-,13+/m1/s1. The van der Waals surface area contributed by atoms with Crippen LogP contribution in [-0.4, -0.2) is 51.1 Å². The second kappa shape index (κ2) is 6.57. The van der Waals surface area contributed by atoms with Crippen molar-refractivity contribution in [1.82, 2.24) is 19.9 Å². The number of hydrogen-bond donors (Lipinski definition) is 0. The quantitative estimate of drug-likeness (QED) is 0.838. The molecule has 1 aliphatic carbocycles. The molecule has 2 aromatic rings. The fourth-order valence-electron chi connectivity index (χ4n) is 3.58. The van der Waals surface area contributed by atoms with Crippen molar-refractivity contribution in [1.29, 1.82) is 0 Å². The molecule has 0 spiro atoms. The number of carbonyl (C=O) groups excluding carboxylic acids is 1. The van der Waals surface area contributed by atoms with Crippen molar-refractivity contribution in [2.45, 2.75) is 44.8 Å². The number of hydrogen-bond acceptors (Lipinski definition) is 6. The van der Waals surface area contributed by atoms with Gasteiger partial charge in [-0.1, -0.05) is 12.8 Å². The van der Waals surface area contributed by atoms with E-state index in [-0.39, 0.29) is 18.1 Å². The largest absolute Gasteiger partial charge is 0.374 e. The average Bonchev–Trinajstić information content (AvgIpc) is 3.03. The molecule has 2 aliphatic rings. The fourth-order valence-corrected chi connectivity index (χ4v) is 4.55. The van der Waals surface area contributed by atoms with Crippen molar-refractivity contribution >= 4 is 17.2 Å². The third-order valence-corrected chi connectivity index (χ3v) is 5.88. The van der Waals surface area contributed by atoms with E-state index in [1.807, 2.05) is 11.8 Å². The fraction of sp³-hybridized carbons (Fsp3) is 0.529. The normalized spacial score (nSPS) is 23.8. The number of amides is 1. The van der Waals surface area contributed by atoms with Gasteiger partial charge in [0.1, 0.15) is 4.88 Å². The molecule has 0 aromatic carbocycles. The van der Waals surface area contributed by atoms with E-state index in [0.717, 1.165) is 18.5 Å². The third kappa shape index (κ3) is 2.82. The Labute approximate surface area is 144 Å². The van der Waals surface area contributed by atoms with Crippen LogP contribution in [0.3, 0.4) is 0 Å². The molecule has 2 atom stereocenters. The van der Waals surface area contributed by atoms with Crippen LogP contribution >= 0.6 is 11.3 Å². The van der Waals surface area contributed by atoms with Crippen molar-refractivity contribution in [3.05, 3.63) is 29.0 Å². The summed E-state index contributed by atoms with van der Waals surface area (Å²) in [5.74, 6) is 0.648. The first kappa shape index (κ1) is 15.7. The van der Waals surface area contributed by atoms with Gasteiger partial charge in [0.15, 0.2) is 10.8 Å². The lowest BCUT2D eigenvalue weighted by molar-refractivity contribution is -0.0751. The maximum Gasteiger partial charge on any atom is 0.266 e. The number of nitrogens with zero attached hydrogens (tertiary/aromatic N) is 4. The topological polar surface area (TPSA) is 68.2 Å². The van der Waals surface area contributed by atoms with Gasteiger partial charge in [0.2, 0.25) is 0 Å². The maximum atomic E-state index is 13.1. The van der Waals surface area contributed by atoms with Gasteiger partial charge in [0, 0.05) is 18.9 Å². The molecule has 1 aliphatic heterocycles. The van der Waals surface area contributed by atoms with Gasteiger partial charge in [-0.15, -0.1) is 11.3 Å². The van der Waals surface area contributed by atoms with Crippen LogP contribution in [0.4, 0.5) is 0 Å². The Kier molecular flexibility index (Phi) is 4.28. The van der Waals surface area contributed by atoms with Crippen LogP contribution in [0.2, 0.25) is 0 Å². The van der Waals surface area contributed by atoms with E-state index in [2.05, 4.69) is 15.0 Å². The van der Waals surface area contributed by atoms with E-state index in [9.17, 15) is 4.79 Å². The molecule has 2 fully saturated rings. The van der Waals surface area contributed by atoms with E-state index in [4.69, 9.17) is 4.74 Å². The Morgan fingerprint density at radius 2 is 2.08 bits per heavy atom. The van der Waals surface area contributed by atoms with E-state index < -0.39 is 0 Å². The molecule has 7 heteroatoms. The smallest absolute Gasteiger partial charge is 0.266 e. The molecule has 0 bridgehead atoms. The monoisotopic (exact) mass is 344 g/mol. The number of carbonyl (C=O) groups is 1. The summed E-state index contributed by atoms with van der Waals surface area (Å²) in [6.07, 6.45) is 8.02. The summed E-state index contributed by atoms with van der Waals surface area (Å²) in [6, 6.07) is 1.98. The Morgan fingerprint density at radius 3 is 2.92 bits per heavy atom. The van der Waals surface area contributed by atoms with Crippen LogP contribution in [0, 0.1) is 6.92 Å². The van der Waals surface area contributed by atoms with Gasteiger partial charge in [-0.3, -0.25) is 4.79 Å². The number of aromatic nitrogens is 3. The number of morpholine rings is 1. The highest BCUT2D eigenvalue weighted by Gasteiger charge is 2.38. The zero-order chi connectivity index (χ0) is 16.5. The summed E-state index contributed by atoms with van der Waals surface area (Å²) >= 11 is 1.39. The minimum atomic E-state index is 0.0763. The van der Waals surface area contributed by atoms with Crippen molar-refractivity contribution in [3.63, 3.8) is 0 Å². The lowest BCUT2D eigenvalue weighted by Crippen LogP contribution is -2.54. The third-order valence-electron chi connectivity index (χ3n) is 4.74. The number of fused-ring (bicyclic) bond motifs is 1. The predicted octanol–water partition coefficient (Wildman–Crippen LogP) is 2.69. The van der Waals surface area contributed by atoms with Crippen LogP contribution < -0.4 is 0 Å². The lowest BCUT2D eigenvalue weighted by Gasteiger charge is -2.43. The van der Waals surface area contributed by atoms with Gasteiger partial charge >= 0.3 is 0 Å². The molecule has 24 heavy (non-hydrogen) atoms. The van der Waals surface area contributed by atoms with Gasteiger partial charge in [-0.2, -0.15) is 0 Å². The molecule has 0 unspecified atom stereocenters. The van der Waals surface area contributed by atoms with Crippen LogP contribution in [0.5, 0.6) is 0 Å². The summed E-state index contributed by atoms with van der Waals surface area (Å²) in [7, 11) is 0. The molecule has 3 heterocycles. The van der Waals surface area contributed by atoms with Gasteiger partial charge in [-0.05, 0) is 25.8 Å². The average molecular weight is 344 g/mol. The first-order valence-corrected chi connectivity index (χ1v) is 9.23. The van der Waals surface area contributed by atoms with Crippen LogP contribution in [0.15, 0.2) is 18.5 Å². The van der Waals surface area contributed by atoms with E-state index in [1.54, 1.807) is 18.5 Å². The van der Waals surface area contributed by atoms with E-state index in [1.165, 1.54) is 24.2 Å². The molecule has 0 radical (unpaired) electrons. The van der Waals surface area contributed by atoms with Crippen molar-refractivity contribution < 1.29 is 9.53 Å². The maximum absolute atomic E-state index is 13.1. The molecular weight excluding hydrogens is 324 g/mol. The SMILES string of the molecule is Cc1nc(-c2ncccn2)sc1C(=O)N1CCO[C@H]2CCCC[C@H]21. The van der Waals surface area contributed by atoms with Crippen LogP contribution in [0.25, 0.3) is 10.8 Å². The van der Waals surface area contributed by atoms with Crippen LogP contribution in [0.1, 0.15) is 41.0 Å². The zero-order valence-electron chi connectivity index (χ0n) is 13.6. The number of thiazole rings is 1. The molecular formula is C17H20N4O2S. The second-order valence-corrected chi connectivity index (χ2v) is 7.26. The second-order valence-electron chi connectivity index (χ2n) is 6.27. The van der Waals surface area contributed by atoms with E-state index >= 15 is 0 Å². The van der Waals surface area contributed by atoms with Gasteiger partial charge in [-0.25, -0.2) is 15.0 Å². The Bertz CT molecular complexity index is 731. The summed E-state index contributed by atoms with van der Waals surface area (Å²) in [6.45, 7) is 3.17. The molecule has 1 amide bonds. The molecule has 126 valence electrons. The Hall–Kier alpha value is -1.86. The minimum Gasteiger partial charge on any atom is -0.374 e. The highest BCUT2D eigenvalue weighted by Crippen LogP contribution is 2.32. The lowest BCUT2D eigenvalue weighted by atomic mass is 9.90. The molecule has 4 rings (SSSR count). The first-order valence-electron chi connectivity index (χ1n) is 8.41. The van der Waals surface area contributed by atoms with Crippen molar-refractivity contribution in [2.24, 2.45) is 0 Å². The van der Waals surface area contributed by atoms with Gasteiger partial charge in [0.05, 0.1) is 24.4 Å². The molecule has 1 saturated heterocycles. The highest BCUT2D eigenvalue weighted by molar-refractivity contribution is 7.17. The first-order chi connectivity index (χ1) is 11.7. The molecule has 2 aromatic heterocycles. The summed E-state index contributed by atoms with van der Waals surface area (Å²) in [4.78, 5) is 28.8. The number of aryl methyl sites for hydroxylation is 1. The number of rotatable bonds is 2. The Balaban J connectivity index is 1.61. The Morgan fingerprint density at radius 1 is 1.29 bits per heavy atom. The summed E-state index contributed by atoms with van der Waals surface area (Å²) in [5, 5.41) is 0.699. The van der Waals surface area contributed by atoms with E-state index in [0.29, 0.717) is 28.9 Å². The molecule has 1 saturated carbocycles. The predicted molar refractivity (Wildman–Crippen MR) is 90.9 cm³/mol. The summed E-state index contributed by atoms with van der Waals surface area (Å²) in [5.41, 5.74) is 0.756. The van der Waals surface area contributed by atoms with Gasteiger partial charge in [0.25, 0.3) is 5.91 Å². The van der Waals surface area contributed by atoms with Gasteiger partial charge < -0.3 is 9.64 Å². The minimum absolute atomic E-state index is 0.0763. The van der Waals surface area contributed by atoms with Crippen LogP contribution in [-0.2, 0) is 4.74 Å². The molecule has 0 N–H and O–H groups in total. The number of ether oxygens (including phenoxy) is 1. The van der Waals surface area contributed by atoms with Crippen molar-refractivity contribution in [3.8, 4) is 10.8 Å². The summed E-state index contributed by atoms with van der Waals surface area (Å²) < 4.78 is 5.88.